The van der Waals surface area contributed by atoms with Crippen LogP contribution in [-0.4, -0.2) is 62.0 Å². The summed E-state index contributed by atoms with van der Waals surface area (Å²) in [6.45, 7) is 8.96. The van der Waals surface area contributed by atoms with Gasteiger partial charge in [-0.2, -0.15) is 11.8 Å². The summed E-state index contributed by atoms with van der Waals surface area (Å²) >= 11 is 2.04. The van der Waals surface area contributed by atoms with Crippen molar-refractivity contribution in [2.45, 2.75) is 37.5 Å². The SMILES string of the molecule is CCNC(=NCC1(C)CCCS1)NCC1COCCO1. The molecule has 6 heteroatoms. The molecule has 2 rings (SSSR count). The Labute approximate surface area is 126 Å². The number of hydrogen-bond acceptors (Lipinski definition) is 4. The molecule has 0 aromatic heterocycles. The molecule has 2 heterocycles. The number of nitrogens with one attached hydrogen (secondary N) is 2. The van der Waals surface area contributed by atoms with Gasteiger partial charge < -0.3 is 20.1 Å². The molecular weight excluding hydrogens is 274 g/mol. The second kappa shape index (κ2) is 8.10. The number of rotatable bonds is 5. The molecule has 116 valence electrons. The largest absolute Gasteiger partial charge is 0.376 e. The molecule has 0 spiro atoms. The molecule has 0 aromatic carbocycles. The summed E-state index contributed by atoms with van der Waals surface area (Å²) in [5.41, 5.74) is 0. The van der Waals surface area contributed by atoms with Gasteiger partial charge in [-0.15, -0.1) is 0 Å². The van der Waals surface area contributed by atoms with Crippen molar-refractivity contribution in [3.63, 3.8) is 0 Å². The van der Waals surface area contributed by atoms with E-state index < -0.39 is 0 Å². The average Bonchev–Trinajstić information content (AvgIpc) is 2.90. The number of hydrogen-bond donors (Lipinski definition) is 2. The van der Waals surface area contributed by atoms with Gasteiger partial charge in [-0.05, 0) is 32.4 Å². The van der Waals surface area contributed by atoms with E-state index in [0.29, 0.717) is 24.6 Å². The quantitative estimate of drug-likeness (QED) is 0.591. The number of aliphatic imine (C=N–C) groups is 1. The van der Waals surface area contributed by atoms with Gasteiger partial charge in [0.2, 0.25) is 0 Å². The molecule has 0 aromatic rings. The fraction of sp³-hybridized carbons (Fsp3) is 0.929. The van der Waals surface area contributed by atoms with Crippen LogP contribution in [0, 0.1) is 0 Å². The monoisotopic (exact) mass is 301 g/mol. The van der Waals surface area contributed by atoms with Gasteiger partial charge in [-0.25, -0.2) is 0 Å². The lowest BCUT2D eigenvalue weighted by molar-refractivity contribution is -0.0850. The Morgan fingerprint density at radius 2 is 2.30 bits per heavy atom. The van der Waals surface area contributed by atoms with Gasteiger partial charge in [-0.1, -0.05) is 0 Å². The molecule has 2 atom stereocenters. The highest BCUT2D eigenvalue weighted by Crippen LogP contribution is 2.37. The topological polar surface area (TPSA) is 54.9 Å². The van der Waals surface area contributed by atoms with Gasteiger partial charge in [0.1, 0.15) is 0 Å². The summed E-state index contributed by atoms with van der Waals surface area (Å²) in [5.74, 6) is 2.15. The molecule has 5 nitrogen and oxygen atoms in total. The average molecular weight is 301 g/mol. The van der Waals surface area contributed by atoms with Crippen LogP contribution in [-0.2, 0) is 9.47 Å². The Balaban J connectivity index is 1.78. The van der Waals surface area contributed by atoms with Crippen LogP contribution in [0.2, 0.25) is 0 Å². The maximum atomic E-state index is 5.63. The zero-order valence-corrected chi connectivity index (χ0v) is 13.4. The summed E-state index contributed by atoms with van der Waals surface area (Å²) in [6, 6.07) is 0. The van der Waals surface area contributed by atoms with Crippen molar-refractivity contribution in [1.29, 1.82) is 0 Å². The first-order valence-corrected chi connectivity index (χ1v) is 8.56. The molecule has 0 bridgehead atoms. The van der Waals surface area contributed by atoms with E-state index >= 15 is 0 Å². The predicted molar refractivity (Wildman–Crippen MR) is 84.6 cm³/mol. The molecule has 0 aliphatic carbocycles. The van der Waals surface area contributed by atoms with E-state index in [-0.39, 0.29) is 6.10 Å². The third-order valence-corrected chi connectivity index (χ3v) is 5.12. The lowest BCUT2D eigenvalue weighted by atomic mass is 10.1. The number of guanidine groups is 1. The molecule has 2 unspecified atom stereocenters. The van der Waals surface area contributed by atoms with E-state index in [4.69, 9.17) is 14.5 Å². The second-order valence-corrected chi connectivity index (χ2v) is 7.23. The minimum Gasteiger partial charge on any atom is -0.376 e. The molecule has 2 saturated heterocycles. The van der Waals surface area contributed by atoms with Crippen molar-refractivity contribution < 1.29 is 9.47 Å². The number of thioether (sulfide) groups is 1. The Morgan fingerprint density at radius 3 is 2.95 bits per heavy atom. The van der Waals surface area contributed by atoms with Crippen LogP contribution >= 0.6 is 11.8 Å². The predicted octanol–water partition coefficient (Wildman–Crippen LogP) is 1.24. The minimum absolute atomic E-state index is 0.129. The molecule has 0 saturated carbocycles. The molecule has 20 heavy (non-hydrogen) atoms. The zero-order chi connectivity index (χ0) is 14.3. The fourth-order valence-electron chi connectivity index (χ4n) is 2.41. The van der Waals surface area contributed by atoms with E-state index in [0.717, 1.165) is 25.6 Å². The van der Waals surface area contributed by atoms with Crippen LogP contribution in [0.1, 0.15) is 26.7 Å². The Hall–Kier alpha value is -0.460. The molecule has 0 radical (unpaired) electrons. The molecular formula is C14H27N3O2S. The summed E-state index contributed by atoms with van der Waals surface area (Å²) in [6.07, 6.45) is 2.71. The van der Waals surface area contributed by atoms with Gasteiger partial charge in [-0.3, -0.25) is 4.99 Å². The second-order valence-electron chi connectivity index (χ2n) is 5.55. The third kappa shape index (κ3) is 5.14. The van der Waals surface area contributed by atoms with Crippen LogP contribution in [0.15, 0.2) is 4.99 Å². The number of nitrogens with zero attached hydrogens (tertiary/aromatic N) is 1. The molecule has 2 fully saturated rings. The summed E-state index contributed by atoms with van der Waals surface area (Å²) in [5, 5.41) is 6.65. The first-order chi connectivity index (χ1) is 9.72. The van der Waals surface area contributed by atoms with Gasteiger partial charge >= 0.3 is 0 Å². The summed E-state index contributed by atoms with van der Waals surface area (Å²) in [4.78, 5) is 4.73. The molecule has 2 aliphatic heterocycles. The third-order valence-electron chi connectivity index (χ3n) is 3.60. The molecule has 2 N–H and O–H groups in total. The minimum atomic E-state index is 0.129. The van der Waals surface area contributed by atoms with Gasteiger partial charge in [0.15, 0.2) is 5.96 Å². The summed E-state index contributed by atoms with van der Waals surface area (Å²) in [7, 11) is 0. The maximum Gasteiger partial charge on any atom is 0.191 e. The van der Waals surface area contributed by atoms with E-state index in [9.17, 15) is 0 Å². The lowest BCUT2D eigenvalue weighted by Gasteiger charge is -2.25. The van der Waals surface area contributed by atoms with Gasteiger partial charge in [0.25, 0.3) is 0 Å². The first kappa shape index (κ1) is 15.9. The standard InChI is InChI=1S/C14H27N3O2S/c1-3-15-13(16-9-12-10-18-6-7-19-12)17-11-14(2)5-4-8-20-14/h12H,3-11H2,1-2H3,(H2,15,16,17). The van der Waals surface area contributed by atoms with Crippen molar-refractivity contribution in [1.82, 2.24) is 10.6 Å². The van der Waals surface area contributed by atoms with E-state index in [1.165, 1.54) is 18.6 Å². The lowest BCUT2D eigenvalue weighted by Crippen LogP contribution is -2.45. The van der Waals surface area contributed by atoms with Gasteiger partial charge in [0.05, 0.1) is 32.5 Å². The van der Waals surface area contributed by atoms with Crippen molar-refractivity contribution in [2.24, 2.45) is 4.99 Å². The van der Waals surface area contributed by atoms with Crippen LogP contribution in [0.3, 0.4) is 0 Å². The molecule has 2 aliphatic rings. The molecule has 0 amide bonds. The van der Waals surface area contributed by atoms with Crippen molar-refractivity contribution >= 4 is 17.7 Å². The van der Waals surface area contributed by atoms with Crippen molar-refractivity contribution in [2.75, 3.05) is 45.2 Å². The summed E-state index contributed by atoms with van der Waals surface area (Å²) < 4.78 is 11.3. The number of ether oxygens (including phenoxy) is 2. The maximum absolute atomic E-state index is 5.63. The normalized spacial score (nSPS) is 31.3. The highest BCUT2D eigenvalue weighted by Gasteiger charge is 2.29. The van der Waals surface area contributed by atoms with Crippen molar-refractivity contribution in [3.8, 4) is 0 Å². The highest BCUT2D eigenvalue weighted by atomic mass is 32.2. The van der Waals surface area contributed by atoms with Crippen LogP contribution in [0.5, 0.6) is 0 Å². The fourth-order valence-corrected chi connectivity index (χ4v) is 3.64. The smallest absolute Gasteiger partial charge is 0.191 e. The van der Waals surface area contributed by atoms with Gasteiger partial charge in [0, 0.05) is 17.8 Å². The Morgan fingerprint density at radius 1 is 1.40 bits per heavy atom. The van der Waals surface area contributed by atoms with Crippen LogP contribution < -0.4 is 10.6 Å². The zero-order valence-electron chi connectivity index (χ0n) is 12.6. The highest BCUT2D eigenvalue weighted by molar-refractivity contribution is 8.00. The Bertz CT molecular complexity index is 314. The van der Waals surface area contributed by atoms with Crippen molar-refractivity contribution in [3.05, 3.63) is 0 Å². The first-order valence-electron chi connectivity index (χ1n) is 7.57. The Kier molecular flexibility index (Phi) is 6.45. The van der Waals surface area contributed by atoms with Crippen LogP contribution in [0.25, 0.3) is 0 Å². The van der Waals surface area contributed by atoms with E-state index in [2.05, 4.69) is 24.5 Å². The van der Waals surface area contributed by atoms with E-state index in [1.807, 2.05) is 11.8 Å². The van der Waals surface area contributed by atoms with E-state index in [1.54, 1.807) is 0 Å². The van der Waals surface area contributed by atoms with Crippen LogP contribution in [0.4, 0.5) is 0 Å².